The van der Waals surface area contributed by atoms with Crippen molar-refractivity contribution in [2.75, 3.05) is 0 Å². The van der Waals surface area contributed by atoms with Gasteiger partial charge in [-0.2, -0.15) is 5.01 Å². The first-order valence-corrected chi connectivity index (χ1v) is 7.31. The zero-order chi connectivity index (χ0) is 18.4. The summed E-state index contributed by atoms with van der Waals surface area (Å²) >= 11 is 0. The molecule has 8 nitrogen and oxygen atoms in total. The van der Waals surface area contributed by atoms with Crippen LogP contribution in [0.3, 0.4) is 0 Å². The molecule has 0 fully saturated rings. The zero-order valence-corrected chi connectivity index (χ0v) is 13.3. The number of amides is 3. The van der Waals surface area contributed by atoms with Crippen LogP contribution in [0, 0.1) is 10.1 Å². The van der Waals surface area contributed by atoms with Crippen LogP contribution in [-0.2, 0) is 16.0 Å². The van der Waals surface area contributed by atoms with Gasteiger partial charge in [-0.15, -0.1) is 0 Å². The molecule has 0 atom stereocenters. The number of non-ortho nitro benzene ring substituents is 1. The van der Waals surface area contributed by atoms with Crippen LogP contribution in [0.2, 0.25) is 0 Å². The highest BCUT2D eigenvalue weighted by Gasteiger charge is 2.21. The Morgan fingerprint density at radius 2 is 1.64 bits per heavy atom. The molecular weight excluding hydrogens is 326 g/mol. The van der Waals surface area contributed by atoms with Gasteiger partial charge in [-0.3, -0.25) is 29.9 Å². The molecule has 128 valence electrons. The summed E-state index contributed by atoms with van der Waals surface area (Å²) < 4.78 is 0. The fourth-order valence-corrected chi connectivity index (χ4v) is 2.06. The molecule has 0 bridgehead atoms. The molecule has 0 aliphatic heterocycles. The van der Waals surface area contributed by atoms with Crippen LogP contribution in [0.15, 0.2) is 54.6 Å². The van der Waals surface area contributed by atoms with Gasteiger partial charge in [0.05, 0.1) is 11.3 Å². The molecule has 25 heavy (non-hydrogen) atoms. The molecule has 0 radical (unpaired) electrons. The van der Waals surface area contributed by atoms with Crippen molar-refractivity contribution in [1.29, 1.82) is 0 Å². The van der Waals surface area contributed by atoms with Gasteiger partial charge in [0, 0.05) is 24.6 Å². The van der Waals surface area contributed by atoms with Crippen LogP contribution in [0.25, 0.3) is 0 Å². The third-order valence-electron chi connectivity index (χ3n) is 3.32. The van der Waals surface area contributed by atoms with E-state index in [0.29, 0.717) is 16.1 Å². The van der Waals surface area contributed by atoms with E-state index in [0.717, 1.165) is 6.92 Å². The Bertz CT molecular complexity index is 803. The van der Waals surface area contributed by atoms with E-state index in [2.05, 4.69) is 5.43 Å². The minimum atomic E-state index is -0.648. The third-order valence-corrected chi connectivity index (χ3v) is 3.32. The maximum absolute atomic E-state index is 12.3. The quantitative estimate of drug-likeness (QED) is 0.674. The monoisotopic (exact) mass is 341 g/mol. The van der Waals surface area contributed by atoms with Gasteiger partial charge < -0.3 is 0 Å². The lowest BCUT2D eigenvalue weighted by atomic mass is 10.1. The lowest BCUT2D eigenvalue weighted by Crippen LogP contribution is -2.49. The number of rotatable bonds is 4. The van der Waals surface area contributed by atoms with Crippen molar-refractivity contribution in [3.05, 3.63) is 75.8 Å². The molecule has 1 N–H and O–H groups in total. The minimum Gasteiger partial charge on any atom is -0.273 e. The molecule has 0 unspecified atom stereocenters. The molecule has 0 spiro atoms. The number of nitrogens with zero attached hydrogens (tertiary/aromatic N) is 2. The van der Waals surface area contributed by atoms with Crippen molar-refractivity contribution >= 4 is 23.4 Å². The molecule has 2 rings (SSSR count). The van der Waals surface area contributed by atoms with E-state index in [9.17, 15) is 24.5 Å². The van der Waals surface area contributed by atoms with Gasteiger partial charge in [-0.25, -0.2) is 0 Å². The van der Waals surface area contributed by atoms with Crippen molar-refractivity contribution in [3.63, 3.8) is 0 Å². The highest BCUT2D eigenvalue weighted by molar-refractivity contribution is 6.01. The SMILES string of the molecule is CC(=O)N(NC(=O)c1ccccc1)C(=O)Cc1ccc([N+](=O)[O-])cc1. The van der Waals surface area contributed by atoms with Crippen molar-refractivity contribution in [2.24, 2.45) is 0 Å². The normalized spacial score (nSPS) is 9.96. The molecule has 0 aliphatic rings. The first-order valence-electron chi connectivity index (χ1n) is 7.31. The second kappa shape index (κ2) is 7.82. The Morgan fingerprint density at radius 1 is 1.04 bits per heavy atom. The lowest BCUT2D eigenvalue weighted by molar-refractivity contribution is -0.384. The summed E-state index contributed by atoms with van der Waals surface area (Å²) in [5.74, 6) is -1.88. The summed E-state index contributed by atoms with van der Waals surface area (Å²) in [6, 6.07) is 13.5. The van der Waals surface area contributed by atoms with Crippen LogP contribution in [0.4, 0.5) is 5.69 Å². The van der Waals surface area contributed by atoms with E-state index in [1.54, 1.807) is 30.3 Å². The van der Waals surface area contributed by atoms with Gasteiger partial charge in [-0.1, -0.05) is 30.3 Å². The summed E-state index contributed by atoms with van der Waals surface area (Å²) in [6.45, 7) is 1.15. The highest BCUT2D eigenvalue weighted by Crippen LogP contribution is 2.13. The molecule has 0 saturated heterocycles. The first-order chi connectivity index (χ1) is 11.9. The maximum Gasteiger partial charge on any atom is 0.270 e. The molecule has 2 aromatic rings. The van der Waals surface area contributed by atoms with Crippen molar-refractivity contribution in [2.45, 2.75) is 13.3 Å². The average Bonchev–Trinajstić information content (AvgIpc) is 2.60. The Morgan fingerprint density at radius 3 is 2.16 bits per heavy atom. The topological polar surface area (TPSA) is 110 Å². The van der Waals surface area contributed by atoms with Crippen LogP contribution in [-0.4, -0.2) is 27.7 Å². The summed E-state index contributed by atoms with van der Waals surface area (Å²) in [5, 5.41) is 11.3. The smallest absolute Gasteiger partial charge is 0.270 e. The van der Waals surface area contributed by atoms with Crippen molar-refractivity contribution in [1.82, 2.24) is 10.4 Å². The molecule has 2 aromatic carbocycles. The lowest BCUT2D eigenvalue weighted by Gasteiger charge is -2.20. The number of nitro benzene ring substituents is 1. The number of carbonyl (C=O) groups is 3. The molecule has 0 saturated carbocycles. The summed E-state index contributed by atoms with van der Waals surface area (Å²) in [4.78, 5) is 46.2. The van der Waals surface area contributed by atoms with Crippen molar-refractivity contribution < 1.29 is 19.3 Å². The zero-order valence-electron chi connectivity index (χ0n) is 13.3. The molecule has 0 aliphatic carbocycles. The van der Waals surface area contributed by atoms with E-state index in [1.807, 2.05) is 0 Å². The summed E-state index contributed by atoms with van der Waals surface area (Å²) in [6.07, 6.45) is -0.188. The van der Waals surface area contributed by atoms with Crippen molar-refractivity contribution in [3.8, 4) is 0 Å². The Labute approximate surface area is 143 Å². The predicted molar refractivity (Wildman–Crippen MR) is 88.2 cm³/mol. The highest BCUT2D eigenvalue weighted by atomic mass is 16.6. The minimum absolute atomic E-state index is 0.1000. The van der Waals surface area contributed by atoms with E-state index < -0.39 is 22.6 Å². The van der Waals surface area contributed by atoms with Crippen LogP contribution in [0.1, 0.15) is 22.8 Å². The number of imide groups is 1. The number of hydrazine groups is 1. The molecule has 0 heterocycles. The van der Waals surface area contributed by atoms with Gasteiger partial charge >= 0.3 is 0 Å². The van der Waals surface area contributed by atoms with Gasteiger partial charge in [0.25, 0.3) is 17.5 Å². The standard InChI is InChI=1S/C17H15N3O5/c1-12(21)19(18-17(23)14-5-3-2-4-6-14)16(22)11-13-7-9-15(10-8-13)20(24)25/h2-10H,11H2,1H3,(H,18,23). The molecule has 8 heteroatoms. The Balaban J connectivity index is 2.08. The first kappa shape index (κ1) is 17.8. The fourth-order valence-electron chi connectivity index (χ4n) is 2.06. The van der Waals surface area contributed by atoms with Gasteiger partial charge in [-0.05, 0) is 17.7 Å². The van der Waals surface area contributed by atoms with Gasteiger partial charge in [0.15, 0.2) is 0 Å². The molecule has 3 amide bonds. The number of nitrogens with one attached hydrogen (secondary N) is 1. The number of nitro groups is 1. The molecule has 0 aromatic heterocycles. The number of benzene rings is 2. The fraction of sp³-hybridized carbons (Fsp3) is 0.118. The van der Waals surface area contributed by atoms with E-state index in [-0.39, 0.29) is 12.1 Å². The van der Waals surface area contributed by atoms with Crippen LogP contribution >= 0.6 is 0 Å². The van der Waals surface area contributed by atoms with Gasteiger partial charge in [0.2, 0.25) is 5.91 Å². The molecular formula is C17H15N3O5. The Hall–Kier alpha value is -3.55. The number of hydrogen-bond donors (Lipinski definition) is 1. The van der Waals surface area contributed by atoms with E-state index in [4.69, 9.17) is 0 Å². The second-order valence-corrected chi connectivity index (χ2v) is 5.16. The maximum atomic E-state index is 12.3. The predicted octanol–water partition coefficient (Wildman–Crippen LogP) is 1.86. The average molecular weight is 341 g/mol. The third kappa shape index (κ3) is 4.71. The summed E-state index contributed by atoms with van der Waals surface area (Å²) in [5.41, 5.74) is 2.95. The summed E-state index contributed by atoms with van der Waals surface area (Å²) in [7, 11) is 0. The number of hydrogen-bond acceptors (Lipinski definition) is 5. The largest absolute Gasteiger partial charge is 0.273 e. The van der Waals surface area contributed by atoms with E-state index in [1.165, 1.54) is 24.3 Å². The van der Waals surface area contributed by atoms with Crippen LogP contribution in [0.5, 0.6) is 0 Å². The van der Waals surface area contributed by atoms with Crippen LogP contribution < -0.4 is 5.43 Å². The number of carbonyl (C=O) groups excluding carboxylic acids is 3. The van der Waals surface area contributed by atoms with Gasteiger partial charge in [0.1, 0.15) is 0 Å². The van der Waals surface area contributed by atoms with E-state index >= 15 is 0 Å². The second-order valence-electron chi connectivity index (χ2n) is 5.16. The Kier molecular flexibility index (Phi) is 5.57.